The van der Waals surface area contributed by atoms with Gasteiger partial charge in [-0.25, -0.2) is 0 Å². The summed E-state index contributed by atoms with van der Waals surface area (Å²) in [6, 6.07) is 12.2. The van der Waals surface area contributed by atoms with Gasteiger partial charge in [0.25, 0.3) is 5.91 Å². The third kappa shape index (κ3) is 3.44. The number of fused-ring (bicyclic) bond motifs is 3. The maximum absolute atomic E-state index is 12.7. The SMILES string of the molecule is O=C(C(O)C(O)c1cccc(Cl)c1)N1CCc2c([nH]c3ccc(Cl)cc23)C1. The molecule has 0 saturated carbocycles. The first-order chi connectivity index (χ1) is 12.9. The lowest BCUT2D eigenvalue weighted by atomic mass is 10.0. The summed E-state index contributed by atoms with van der Waals surface area (Å²) in [5, 5.41) is 22.9. The van der Waals surface area contributed by atoms with Crippen molar-refractivity contribution in [2.24, 2.45) is 0 Å². The highest BCUT2D eigenvalue weighted by atomic mass is 35.5. The zero-order valence-corrected chi connectivity index (χ0v) is 15.8. The second kappa shape index (κ2) is 7.17. The lowest BCUT2D eigenvalue weighted by Crippen LogP contribution is -2.44. The average Bonchev–Trinajstić information content (AvgIpc) is 3.03. The molecule has 1 amide bonds. The van der Waals surface area contributed by atoms with Crippen molar-refractivity contribution in [2.75, 3.05) is 6.54 Å². The molecule has 2 unspecified atom stereocenters. The van der Waals surface area contributed by atoms with Crippen LogP contribution < -0.4 is 0 Å². The van der Waals surface area contributed by atoms with Crippen LogP contribution in [0.25, 0.3) is 10.9 Å². The highest BCUT2D eigenvalue weighted by Gasteiger charge is 2.32. The fraction of sp³-hybridized carbons (Fsp3) is 0.250. The van der Waals surface area contributed by atoms with Crippen molar-refractivity contribution in [3.05, 3.63) is 69.3 Å². The van der Waals surface area contributed by atoms with Gasteiger partial charge in [0.15, 0.2) is 6.10 Å². The number of aliphatic hydroxyl groups excluding tert-OH is 2. The quantitative estimate of drug-likeness (QED) is 0.625. The van der Waals surface area contributed by atoms with E-state index in [1.54, 1.807) is 29.2 Å². The summed E-state index contributed by atoms with van der Waals surface area (Å²) in [6.07, 6.45) is -2.23. The van der Waals surface area contributed by atoms with Crippen molar-refractivity contribution < 1.29 is 15.0 Å². The molecule has 2 atom stereocenters. The van der Waals surface area contributed by atoms with Gasteiger partial charge in [-0.05, 0) is 47.9 Å². The second-order valence-electron chi connectivity index (χ2n) is 6.73. The number of halogens is 2. The van der Waals surface area contributed by atoms with Gasteiger partial charge in [0.2, 0.25) is 0 Å². The molecule has 0 spiro atoms. The smallest absolute Gasteiger partial charge is 0.254 e. The first-order valence-electron chi connectivity index (χ1n) is 8.63. The van der Waals surface area contributed by atoms with Crippen molar-refractivity contribution in [1.82, 2.24) is 9.88 Å². The Morgan fingerprint density at radius 3 is 2.67 bits per heavy atom. The maximum atomic E-state index is 12.7. The zero-order valence-electron chi connectivity index (χ0n) is 14.3. The van der Waals surface area contributed by atoms with Crippen molar-refractivity contribution >= 4 is 40.0 Å². The topological polar surface area (TPSA) is 76.6 Å². The van der Waals surface area contributed by atoms with E-state index in [0.29, 0.717) is 35.1 Å². The van der Waals surface area contributed by atoms with Crippen LogP contribution >= 0.6 is 23.2 Å². The predicted octanol–water partition coefficient (Wildman–Crippen LogP) is 3.45. The summed E-state index contributed by atoms with van der Waals surface area (Å²) in [5.74, 6) is -0.509. The minimum Gasteiger partial charge on any atom is -0.385 e. The van der Waals surface area contributed by atoms with E-state index in [1.165, 1.54) is 0 Å². The van der Waals surface area contributed by atoms with Crippen LogP contribution in [0.15, 0.2) is 42.5 Å². The minimum absolute atomic E-state index is 0.347. The van der Waals surface area contributed by atoms with Crippen molar-refractivity contribution in [2.45, 2.75) is 25.2 Å². The fourth-order valence-electron chi connectivity index (χ4n) is 3.60. The standard InChI is InChI=1S/C20H18Cl2N2O3/c21-12-3-1-2-11(8-12)18(25)19(26)20(27)24-7-6-14-15-9-13(22)4-5-16(15)23-17(14)10-24/h1-5,8-9,18-19,23,25-26H,6-7,10H2. The molecule has 1 aromatic heterocycles. The van der Waals surface area contributed by atoms with E-state index in [2.05, 4.69) is 4.98 Å². The molecule has 0 saturated heterocycles. The van der Waals surface area contributed by atoms with Gasteiger partial charge >= 0.3 is 0 Å². The van der Waals surface area contributed by atoms with Crippen molar-refractivity contribution in [3.63, 3.8) is 0 Å². The fourth-order valence-corrected chi connectivity index (χ4v) is 3.97. The van der Waals surface area contributed by atoms with E-state index in [4.69, 9.17) is 23.2 Å². The Morgan fingerprint density at radius 1 is 1.11 bits per heavy atom. The van der Waals surface area contributed by atoms with Gasteiger partial charge in [-0.1, -0.05) is 35.3 Å². The van der Waals surface area contributed by atoms with E-state index in [0.717, 1.165) is 22.2 Å². The lowest BCUT2D eigenvalue weighted by molar-refractivity contribution is -0.147. The number of carbonyl (C=O) groups excluding carboxylic acids is 1. The normalized spacial score (nSPS) is 16.2. The molecule has 0 aliphatic carbocycles. The van der Waals surface area contributed by atoms with E-state index in [9.17, 15) is 15.0 Å². The summed E-state index contributed by atoms with van der Waals surface area (Å²) in [7, 11) is 0. The molecule has 3 N–H and O–H groups in total. The van der Waals surface area contributed by atoms with Gasteiger partial charge < -0.3 is 20.1 Å². The van der Waals surface area contributed by atoms with E-state index >= 15 is 0 Å². The average molecular weight is 405 g/mol. The highest BCUT2D eigenvalue weighted by Crippen LogP contribution is 2.30. The highest BCUT2D eigenvalue weighted by molar-refractivity contribution is 6.31. The lowest BCUT2D eigenvalue weighted by Gasteiger charge is -2.30. The molecule has 4 rings (SSSR count). The van der Waals surface area contributed by atoms with Crippen LogP contribution in [-0.4, -0.2) is 38.7 Å². The number of rotatable bonds is 3. The molecular weight excluding hydrogens is 387 g/mol. The van der Waals surface area contributed by atoms with Crippen molar-refractivity contribution in [3.8, 4) is 0 Å². The van der Waals surface area contributed by atoms with Crippen LogP contribution in [0.1, 0.15) is 22.9 Å². The molecule has 1 aliphatic heterocycles. The summed E-state index contributed by atoms with van der Waals surface area (Å²) in [6.45, 7) is 0.810. The molecule has 1 aliphatic rings. The van der Waals surface area contributed by atoms with Gasteiger partial charge in [0, 0.05) is 33.2 Å². The number of benzene rings is 2. The Hall–Kier alpha value is -2.05. The van der Waals surface area contributed by atoms with Crippen LogP contribution in [0.3, 0.4) is 0 Å². The van der Waals surface area contributed by atoms with Crippen LogP contribution in [0.5, 0.6) is 0 Å². The Kier molecular flexibility index (Phi) is 4.86. The number of hydrogen-bond acceptors (Lipinski definition) is 3. The minimum atomic E-state index is -1.55. The Bertz CT molecular complexity index is 1020. The summed E-state index contributed by atoms with van der Waals surface area (Å²) in [4.78, 5) is 17.6. The molecular formula is C20H18Cl2N2O3. The third-order valence-electron chi connectivity index (χ3n) is 4.99. The predicted molar refractivity (Wildman–Crippen MR) is 105 cm³/mol. The molecule has 0 bridgehead atoms. The molecule has 0 radical (unpaired) electrons. The zero-order chi connectivity index (χ0) is 19.1. The molecule has 2 heterocycles. The molecule has 140 valence electrons. The first kappa shape index (κ1) is 18.3. The van der Waals surface area contributed by atoms with E-state index in [1.807, 2.05) is 18.2 Å². The molecule has 7 heteroatoms. The number of aliphatic hydroxyl groups is 2. The maximum Gasteiger partial charge on any atom is 0.254 e. The molecule has 0 fully saturated rings. The summed E-state index contributed by atoms with van der Waals surface area (Å²) >= 11 is 12.0. The molecule has 5 nitrogen and oxygen atoms in total. The number of carbonyl (C=O) groups is 1. The monoisotopic (exact) mass is 404 g/mol. The second-order valence-corrected chi connectivity index (χ2v) is 7.60. The third-order valence-corrected chi connectivity index (χ3v) is 5.46. The number of hydrogen-bond donors (Lipinski definition) is 3. The number of aromatic nitrogens is 1. The number of H-pyrrole nitrogens is 1. The van der Waals surface area contributed by atoms with Gasteiger partial charge in [-0.2, -0.15) is 0 Å². The Balaban J connectivity index is 1.54. The van der Waals surface area contributed by atoms with Crippen molar-refractivity contribution in [1.29, 1.82) is 0 Å². The van der Waals surface area contributed by atoms with Crippen LogP contribution in [0.4, 0.5) is 0 Å². The number of nitrogens with one attached hydrogen (secondary N) is 1. The van der Waals surface area contributed by atoms with Crippen LogP contribution in [0, 0.1) is 0 Å². The Labute approximate surface area is 166 Å². The number of nitrogens with zero attached hydrogens (tertiary/aromatic N) is 1. The van der Waals surface area contributed by atoms with E-state index in [-0.39, 0.29) is 0 Å². The van der Waals surface area contributed by atoms with Crippen LogP contribution in [-0.2, 0) is 17.8 Å². The van der Waals surface area contributed by atoms with Gasteiger partial charge in [0.1, 0.15) is 6.10 Å². The van der Waals surface area contributed by atoms with Gasteiger partial charge in [0.05, 0.1) is 6.54 Å². The van der Waals surface area contributed by atoms with E-state index < -0.39 is 18.1 Å². The number of aromatic amines is 1. The summed E-state index contributed by atoms with van der Waals surface area (Å²) in [5.41, 5.74) is 3.44. The molecule has 2 aromatic carbocycles. The van der Waals surface area contributed by atoms with Gasteiger partial charge in [-0.3, -0.25) is 4.79 Å². The molecule has 27 heavy (non-hydrogen) atoms. The van der Waals surface area contributed by atoms with Gasteiger partial charge in [-0.15, -0.1) is 0 Å². The number of amides is 1. The largest absolute Gasteiger partial charge is 0.385 e. The Morgan fingerprint density at radius 2 is 1.89 bits per heavy atom. The van der Waals surface area contributed by atoms with Crippen LogP contribution in [0.2, 0.25) is 10.0 Å². The first-order valence-corrected chi connectivity index (χ1v) is 9.39. The molecule has 3 aromatic rings. The summed E-state index contributed by atoms with van der Waals surface area (Å²) < 4.78 is 0.